The number of alkyl halides is 3. The minimum absolute atomic E-state index is 0.0958. The van der Waals surface area contributed by atoms with Crippen molar-refractivity contribution in [2.75, 3.05) is 13.6 Å². The van der Waals surface area contributed by atoms with E-state index >= 15 is 0 Å². The van der Waals surface area contributed by atoms with Crippen molar-refractivity contribution in [1.82, 2.24) is 4.90 Å². The highest BCUT2D eigenvalue weighted by molar-refractivity contribution is 5.32. The predicted molar refractivity (Wildman–Crippen MR) is 60.7 cm³/mol. The van der Waals surface area contributed by atoms with Crippen molar-refractivity contribution in [3.63, 3.8) is 0 Å². The average Bonchev–Trinajstić information content (AvgIpc) is 2.28. The normalized spacial score (nSPS) is 22.7. The Morgan fingerprint density at radius 1 is 1.18 bits per heavy atom. The quantitative estimate of drug-likeness (QED) is 0.724. The average molecular weight is 243 g/mol. The summed E-state index contributed by atoms with van der Waals surface area (Å²) in [4.78, 5) is 2.02. The van der Waals surface area contributed by atoms with Crippen LogP contribution in [0.25, 0.3) is 0 Å². The second-order valence-corrected chi connectivity index (χ2v) is 4.58. The maximum atomic E-state index is 12.9. The van der Waals surface area contributed by atoms with Crippen molar-refractivity contribution in [3.05, 3.63) is 35.4 Å². The minimum atomic E-state index is -4.26. The highest BCUT2D eigenvalue weighted by atomic mass is 19.4. The van der Waals surface area contributed by atoms with Crippen LogP contribution in [0.4, 0.5) is 13.2 Å². The number of rotatable bonds is 1. The van der Waals surface area contributed by atoms with E-state index in [0.29, 0.717) is 5.56 Å². The third-order valence-corrected chi connectivity index (χ3v) is 3.40. The molecule has 17 heavy (non-hydrogen) atoms. The van der Waals surface area contributed by atoms with Crippen LogP contribution in [0.5, 0.6) is 0 Å². The summed E-state index contributed by atoms with van der Waals surface area (Å²) in [7, 11) is 1.90. The van der Waals surface area contributed by atoms with Gasteiger partial charge in [0.2, 0.25) is 0 Å². The SMILES string of the molecule is CN1CCCCC1c1ccccc1C(F)(F)F. The Balaban J connectivity index is 2.37. The van der Waals surface area contributed by atoms with E-state index in [-0.39, 0.29) is 6.04 Å². The van der Waals surface area contributed by atoms with E-state index in [1.807, 2.05) is 11.9 Å². The van der Waals surface area contributed by atoms with E-state index in [9.17, 15) is 13.2 Å². The lowest BCUT2D eigenvalue weighted by molar-refractivity contribution is -0.138. The molecule has 1 aromatic rings. The molecule has 94 valence electrons. The van der Waals surface area contributed by atoms with Crippen LogP contribution in [-0.2, 0) is 6.18 Å². The van der Waals surface area contributed by atoms with Gasteiger partial charge in [-0.05, 0) is 38.1 Å². The molecule has 0 aliphatic carbocycles. The first-order valence-corrected chi connectivity index (χ1v) is 5.86. The van der Waals surface area contributed by atoms with Gasteiger partial charge in [-0.1, -0.05) is 24.6 Å². The number of hydrogen-bond donors (Lipinski definition) is 0. The molecule has 1 aliphatic rings. The van der Waals surface area contributed by atoms with Crippen molar-refractivity contribution in [1.29, 1.82) is 0 Å². The Bertz CT molecular complexity index is 386. The molecule has 1 aliphatic heterocycles. The van der Waals surface area contributed by atoms with Crippen molar-refractivity contribution in [3.8, 4) is 0 Å². The van der Waals surface area contributed by atoms with Crippen LogP contribution in [-0.4, -0.2) is 18.5 Å². The molecule has 0 N–H and O–H groups in total. The topological polar surface area (TPSA) is 3.24 Å². The molecular formula is C13H16F3N. The molecule has 1 saturated heterocycles. The lowest BCUT2D eigenvalue weighted by atomic mass is 9.92. The van der Waals surface area contributed by atoms with Crippen LogP contribution in [0.1, 0.15) is 36.4 Å². The fourth-order valence-corrected chi connectivity index (χ4v) is 2.51. The molecule has 4 heteroatoms. The number of nitrogens with zero attached hydrogens (tertiary/aromatic N) is 1. The molecule has 1 aromatic carbocycles. The van der Waals surface area contributed by atoms with Crippen LogP contribution in [0, 0.1) is 0 Å². The van der Waals surface area contributed by atoms with Gasteiger partial charge >= 0.3 is 6.18 Å². The lowest BCUT2D eigenvalue weighted by Crippen LogP contribution is -2.31. The van der Waals surface area contributed by atoms with Gasteiger partial charge in [-0.15, -0.1) is 0 Å². The summed E-state index contributed by atoms with van der Waals surface area (Å²) in [5, 5.41) is 0. The second kappa shape index (κ2) is 4.69. The predicted octanol–water partition coefficient (Wildman–Crippen LogP) is 3.86. The molecule has 0 radical (unpaired) electrons. The summed E-state index contributed by atoms with van der Waals surface area (Å²) in [5.41, 5.74) is -0.0686. The molecule has 1 atom stereocenters. The van der Waals surface area contributed by atoms with Crippen LogP contribution >= 0.6 is 0 Å². The van der Waals surface area contributed by atoms with Gasteiger partial charge in [-0.3, -0.25) is 4.90 Å². The molecule has 1 unspecified atom stereocenters. The van der Waals surface area contributed by atoms with Gasteiger partial charge in [0.05, 0.1) is 5.56 Å². The van der Waals surface area contributed by atoms with E-state index < -0.39 is 11.7 Å². The van der Waals surface area contributed by atoms with Gasteiger partial charge in [0.15, 0.2) is 0 Å². The van der Waals surface area contributed by atoms with Crippen LogP contribution in [0.15, 0.2) is 24.3 Å². The Hall–Kier alpha value is -1.03. The first-order valence-electron chi connectivity index (χ1n) is 5.86. The summed E-state index contributed by atoms with van der Waals surface area (Å²) >= 11 is 0. The molecule has 0 saturated carbocycles. The van der Waals surface area contributed by atoms with Gasteiger partial charge in [0.1, 0.15) is 0 Å². The molecule has 1 heterocycles. The van der Waals surface area contributed by atoms with Crippen LogP contribution in [0.3, 0.4) is 0 Å². The number of halogens is 3. The maximum Gasteiger partial charge on any atom is 0.416 e. The fourth-order valence-electron chi connectivity index (χ4n) is 2.51. The first-order chi connectivity index (χ1) is 8.00. The zero-order valence-electron chi connectivity index (χ0n) is 9.80. The molecule has 0 bridgehead atoms. The lowest BCUT2D eigenvalue weighted by Gasteiger charge is -2.34. The molecule has 2 rings (SSSR count). The third kappa shape index (κ3) is 2.63. The van der Waals surface area contributed by atoms with Crippen molar-refractivity contribution in [2.24, 2.45) is 0 Å². The van der Waals surface area contributed by atoms with Crippen LogP contribution < -0.4 is 0 Å². The summed E-state index contributed by atoms with van der Waals surface area (Å²) in [6.07, 6.45) is -1.37. The Morgan fingerprint density at radius 2 is 1.88 bits per heavy atom. The highest BCUT2D eigenvalue weighted by Crippen LogP contribution is 2.38. The summed E-state index contributed by atoms with van der Waals surface area (Å²) < 4.78 is 38.7. The number of likely N-dealkylation sites (tertiary alicyclic amines) is 1. The summed E-state index contributed by atoms with van der Waals surface area (Å²) in [6.45, 7) is 0.872. The van der Waals surface area contributed by atoms with Gasteiger partial charge < -0.3 is 0 Å². The van der Waals surface area contributed by atoms with Gasteiger partial charge in [-0.2, -0.15) is 13.2 Å². The van der Waals surface area contributed by atoms with E-state index in [4.69, 9.17) is 0 Å². The Morgan fingerprint density at radius 3 is 2.53 bits per heavy atom. The number of hydrogen-bond acceptors (Lipinski definition) is 1. The maximum absolute atomic E-state index is 12.9. The smallest absolute Gasteiger partial charge is 0.299 e. The van der Waals surface area contributed by atoms with Gasteiger partial charge in [-0.25, -0.2) is 0 Å². The zero-order chi connectivity index (χ0) is 12.5. The third-order valence-electron chi connectivity index (χ3n) is 3.40. The van der Waals surface area contributed by atoms with Crippen LogP contribution in [0.2, 0.25) is 0 Å². The number of benzene rings is 1. The molecule has 0 amide bonds. The largest absolute Gasteiger partial charge is 0.416 e. The van der Waals surface area contributed by atoms with E-state index in [2.05, 4.69) is 0 Å². The zero-order valence-corrected chi connectivity index (χ0v) is 9.80. The minimum Gasteiger partial charge on any atom is -0.299 e. The van der Waals surface area contributed by atoms with Gasteiger partial charge in [0, 0.05) is 6.04 Å². The van der Waals surface area contributed by atoms with Gasteiger partial charge in [0.25, 0.3) is 0 Å². The standard InChI is InChI=1S/C13H16F3N/c1-17-9-5-4-8-12(17)10-6-2-3-7-11(10)13(14,15)16/h2-3,6-7,12H,4-5,8-9H2,1H3. The van der Waals surface area contributed by atoms with Crippen molar-refractivity contribution < 1.29 is 13.2 Å². The Kier molecular flexibility index (Phi) is 3.43. The fraction of sp³-hybridized carbons (Fsp3) is 0.538. The van der Waals surface area contributed by atoms with E-state index in [1.54, 1.807) is 12.1 Å². The van der Waals surface area contributed by atoms with Crippen molar-refractivity contribution in [2.45, 2.75) is 31.5 Å². The van der Waals surface area contributed by atoms with E-state index in [0.717, 1.165) is 25.8 Å². The Labute approximate surface area is 99.2 Å². The molecular weight excluding hydrogens is 227 g/mol. The molecule has 0 aromatic heterocycles. The first kappa shape index (κ1) is 12.4. The van der Waals surface area contributed by atoms with Crippen molar-refractivity contribution >= 4 is 0 Å². The summed E-state index contributed by atoms with van der Waals surface area (Å²) in [5.74, 6) is 0. The second-order valence-electron chi connectivity index (χ2n) is 4.58. The van der Waals surface area contributed by atoms with E-state index in [1.165, 1.54) is 12.1 Å². The highest BCUT2D eigenvalue weighted by Gasteiger charge is 2.36. The summed E-state index contributed by atoms with van der Waals surface area (Å²) in [6, 6.07) is 5.83. The monoisotopic (exact) mass is 243 g/mol. The molecule has 0 spiro atoms. The molecule has 1 nitrogen and oxygen atoms in total. The number of piperidine rings is 1. The molecule has 1 fully saturated rings.